The van der Waals surface area contributed by atoms with E-state index in [4.69, 9.17) is 4.74 Å². The lowest BCUT2D eigenvalue weighted by molar-refractivity contribution is -0.884. The van der Waals surface area contributed by atoms with Crippen LogP contribution in [0.4, 0.5) is 0 Å². The zero-order chi connectivity index (χ0) is 18.3. The Labute approximate surface area is 157 Å². The molecule has 0 unspecified atom stereocenters. The predicted molar refractivity (Wildman–Crippen MR) is 95.4 cm³/mol. The Balaban J connectivity index is 0.00000576. The van der Waals surface area contributed by atoms with Gasteiger partial charge < -0.3 is 26.7 Å². The summed E-state index contributed by atoms with van der Waals surface area (Å²) >= 11 is 0. The Kier molecular flexibility index (Phi) is 9.58. The zero-order valence-corrected chi connectivity index (χ0v) is 16.7. The van der Waals surface area contributed by atoms with Crippen LogP contribution < -0.4 is 12.4 Å². The van der Waals surface area contributed by atoms with Gasteiger partial charge in [0.05, 0.1) is 34.8 Å². The predicted octanol–water partition coefficient (Wildman–Crippen LogP) is -1.36. The van der Waals surface area contributed by atoms with Gasteiger partial charge in [-0.3, -0.25) is 9.69 Å². The van der Waals surface area contributed by atoms with Gasteiger partial charge in [-0.05, 0) is 38.1 Å². The fourth-order valence-corrected chi connectivity index (χ4v) is 2.50. The third-order valence-electron chi connectivity index (χ3n) is 3.73. The summed E-state index contributed by atoms with van der Waals surface area (Å²) in [5.74, 6) is 5.81. The zero-order valence-electron chi connectivity index (χ0n) is 16.0. The molecule has 0 bridgehead atoms. The Morgan fingerprint density at radius 1 is 1.36 bits per heavy atom. The van der Waals surface area contributed by atoms with Gasteiger partial charge in [-0.2, -0.15) is 0 Å². The van der Waals surface area contributed by atoms with Crippen molar-refractivity contribution in [2.24, 2.45) is 0 Å². The van der Waals surface area contributed by atoms with E-state index >= 15 is 0 Å². The van der Waals surface area contributed by atoms with Gasteiger partial charge in [0.2, 0.25) is 0 Å². The van der Waals surface area contributed by atoms with E-state index in [1.165, 1.54) is 7.11 Å². The Bertz CT molecular complexity index is 630. The van der Waals surface area contributed by atoms with Gasteiger partial charge in [0, 0.05) is 5.56 Å². The van der Waals surface area contributed by atoms with Gasteiger partial charge in [0.25, 0.3) is 0 Å². The van der Waals surface area contributed by atoms with Gasteiger partial charge in [0.1, 0.15) is 18.3 Å². The Hall–Kier alpha value is -1.74. The summed E-state index contributed by atoms with van der Waals surface area (Å²) in [6.45, 7) is 2.98. The topological polar surface area (TPSA) is 49.8 Å². The number of likely N-dealkylation sites (N-methyl/N-ethyl adjacent to an activating group) is 1. The molecule has 1 N–H and O–H groups in total. The number of esters is 1. The number of quaternary nitrogens is 1. The molecule has 0 aliphatic rings. The van der Waals surface area contributed by atoms with Crippen molar-refractivity contribution in [2.75, 3.05) is 41.8 Å². The molecule has 0 radical (unpaired) electrons. The molecular formula is C19H29ClN2O3. The second kappa shape index (κ2) is 10.3. The van der Waals surface area contributed by atoms with Crippen LogP contribution in [0.3, 0.4) is 0 Å². The molecule has 0 saturated heterocycles. The maximum absolute atomic E-state index is 12.1. The molecule has 5 nitrogen and oxygen atoms in total. The molecule has 6 heteroatoms. The molecule has 0 saturated carbocycles. The highest BCUT2D eigenvalue weighted by molar-refractivity contribution is 5.76. The van der Waals surface area contributed by atoms with Crippen LogP contribution in [0, 0.1) is 11.8 Å². The third kappa shape index (κ3) is 7.78. The smallest absolute Gasteiger partial charge is 0.323 e. The largest absolute Gasteiger partial charge is 1.00 e. The van der Waals surface area contributed by atoms with Crippen LogP contribution in [0.1, 0.15) is 18.1 Å². The first kappa shape index (κ1) is 23.3. The molecule has 0 aliphatic heterocycles. The lowest BCUT2D eigenvalue weighted by atomic mass is 10.0. The summed E-state index contributed by atoms with van der Waals surface area (Å²) in [4.78, 5) is 14.0. The first-order chi connectivity index (χ1) is 11.2. The number of phenolic OH excluding ortho intramolecular Hbond substituents is 1. The molecule has 0 heterocycles. The minimum Gasteiger partial charge on any atom is -1.00 e. The maximum atomic E-state index is 12.1. The van der Waals surface area contributed by atoms with Crippen molar-refractivity contribution in [2.45, 2.75) is 25.9 Å². The van der Waals surface area contributed by atoms with Crippen molar-refractivity contribution < 1.29 is 31.5 Å². The molecule has 1 atom stereocenters. The van der Waals surface area contributed by atoms with Crippen LogP contribution in [0.15, 0.2) is 18.2 Å². The monoisotopic (exact) mass is 368 g/mol. The first-order valence-corrected chi connectivity index (χ1v) is 7.97. The summed E-state index contributed by atoms with van der Waals surface area (Å²) in [5.41, 5.74) is 1.86. The highest BCUT2D eigenvalue weighted by atomic mass is 35.5. The van der Waals surface area contributed by atoms with Gasteiger partial charge in [-0.1, -0.05) is 12.0 Å². The summed E-state index contributed by atoms with van der Waals surface area (Å²) in [7, 11) is 9.47. The highest BCUT2D eigenvalue weighted by Crippen LogP contribution is 2.22. The molecule has 0 fully saturated rings. The number of benzene rings is 1. The highest BCUT2D eigenvalue weighted by Gasteiger charge is 2.24. The summed E-state index contributed by atoms with van der Waals surface area (Å²) < 4.78 is 5.65. The molecular weight excluding hydrogens is 340 g/mol. The summed E-state index contributed by atoms with van der Waals surface area (Å²) in [5, 5.41) is 10.1. The molecule has 1 aromatic rings. The first-order valence-electron chi connectivity index (χ1n) is 7.97. The van der Waals surface area contributed by atoms with Gasteiger partial charge in [-0.25, -0.2) is 0 Å². The lowest BCUT2D eigenvalue weighted by Gasteiger charge is -2.26. The molecule has 0 spiro atoms. The number of hydrogen-bond acceptors (Lipinski definition) is 4. The van der Waals surface area contributed by atoms with E-state index in [2.05, 4.69) is 33.0 Å². The fourth-order valence-electron chi connectivity index (χ4n) is 2.50. The molecule has 0 aromatic heterocycles. The number of aromatic hydroxyl groups is 1. The number of nitrogens with zero attached hydrogens (tertiary/aromatic N) is 2. The number of methoxy groups -OCH3 is 1. The maximum Gasteiger partial charge on any atom is 0.323 e. The van der Waals surface area contributed by atoms with E-state index in [9.17, 15) is 9.90 Å². The molecule has 1 aromatic carbocycles. The molecule has 25 heavy (non-hydrogen) atoms. The number of carbonyl (C=O) groups excluding carboxylic acids is 1. The quantitative estimate of drug-likeness (QED) is 0.367. The number of ether oxygens (including phenoxy) is 1. The average Bonchev–Trinajstić information content (AvgIpc) is 2.51. The standard InChI is InChI=1S/C19H28N2O3.ClH/c1-7-8-11-20(2)17(19(23)24-6)13-15-9-10-18(22)16(12-15)14-21(3,4)5;/h9-10,12,17H,11,13-14H2,1-6H3;1H/t17-;/m0./s1. The van der Waals surface area contributed by atoms with Crippen LogP contribution in [-0.4, -0.2) is 68.3 Å². The molecule has 0 aliphatic carbocycles. The van der Waals surface area contributed by atoms with Crippen molar-refractivity contribution >= 4 is 5.97 Å². The van der Waals surface area contributed by atoms with Gasteiger partial charge in [-0.15, -0.1) is 5.92 Å². The minimum atomic E-state index is -0.405. The van der Waals surface area contributed by atoms with E-state index in [0.717, 1.165) is 11.1 Å². The molecule has 140 valence electrons. The second-order valence-corrected chi connectivity index (χ2v) is 7.00. The Morgan fingerprint density at radius 3 is 2.52 bits per heavy atom. The van der Waals surface area contributed by atoms with E-state index < -0.39 is 6.04 Å². The number of hydrogen-bond donors (Lipinski definition) is 1. The molecule has 0 amide bonds. The number of carbonyl (C=O) groups is 1. The number of rotatable bonds is 7. The lowest BCUT2D eigenvalue weighted by Crippen LogP contribution is -3.00. The van der Waals surface area contributed by atoms with Crippen LogP contribution in [0.2, 0.25) is 0 Å². The van der Waals surface area contributed by atoms with Crippen LogP contribution in [0.25, 0.3) is 0 Å². The normalized spacial score (nSPS) is 12.0. The average molecular weight is 369 g/mol. The third-order valence-corrected chi connectivity index (χ3v) is 3.73. The van der Waals surface area contributed by atoms with E-state index in [1.54, 1.807) is 13.0 Å². The van der Waals surface area contributed by atoms with Gasteiger partial charge in [0.15, 0.2) is 0 Å². The van der Waals surface area contributed by atoms with Crippen molar-refractivity contribution in [1.29, 1.82) is 0 Å². The van der Waals surface area contributed by atoms with Crippen LogP contribution in [-0.2, 0) is 22.5 Å². The summed E-state index contributed by atoms with van der Waals surface area (Å²) in [6, 6.07) is 5.11. The Morgan fingerprint density at radius 2 is 2.00 bits per heavy atom. The fraction of sp³-hybridized carbons (Fsp3) is 0.526. The number of phenols is 1. The van der Waals surface area contributed by atoms with Gasteiger partial charge >= 0.3 is 5.97 Å². The SMILES string of the molecule is CC#CCN(C)[C@@H](Cc1ccc(O)c(C[N+](C)(C)C)c1)C(=O)OC.[Cl-]. The van der Waals surface area contributed by atoms with Crippen molar-refractivity contribution in [3.63, 3.8) is 0 Å². The van der Waals surface area contributed by atoms with Crippen molar-refractivity contribution in [3.8, 4) is 17.6 Å². The van der Waals surface area contributed by atoms with Crippen LogP contribution >= 0.6 is 0 Å². The van der Waals surface area contributed by atoms with E-state index in [-0.39, 0.29) is 24.1 Å². The summed E-state index contributed by atoms with van der Waals surface area (Å²) in [6.07, 6.45) is 0.513. The molecule has 1 rings (SSSR count). The number of halogens is 1. The second-order valence-electron chi connectivity index (χ2n) is 7.00. The minimum absolute atomic E-state index is 0. The van der Waals surface area contributed by atoms with Crippen LogP contribution in [0.5, 0.6) is 5.75 Å². The van der Waals surface area contributed by atoms with E-state index in [0.29, 0.717) is 24.0 Å². The van der Waals surface area contributed by atoms with E-state index in [1.807, 2.05) is 24.1 Å². The van der Waals surface area contributed by atoms with Crippen molar-refractivity contribution in [1.82, 2.24) is 4.90 Å². The van der Waals surface area contributed by atoms with Crippen molar-refractivity contribution in [3.05, 3.63) is 29.3 Å².